The van der Waals surface area contributed by atoms with E-state index in [0.29, 0.717) is 4.47 Å². The van der Waals surface area contributed by atoms with Crippen molar-refractivity contribution in [2.24, 2.45) is 5.73 Å². The Kier molecular flexibility index (Phi) is 5.19. The van der Waals surface area contributed by atoms with Gasteiger partial charge in [-0.25, -0.2) is 9.59 Å². The molecule has 5 N–H and O–H groups in total. The fraction of sp³-hybridized carbons (Fsp3) is 0.429. The van der Waals surface area contributed by atoms with Gasteiger partial charge in [-0.15, -0.1) is 0 Å². The number of rotatable bonds is 3. The largest absolute Gasteiger partial charge is 0.478 e. The van der Waals surface area contributed by atoms with Gasteiger partial charge in [-0.3, -0.25) is 0 Å². The van der Waals surface area contributed by atoms with Crippen LogP contribution in [0.1, 0.15) is 36.0 Å². The molecule has 2 amide bonds. The van der Waals surface area contributed by atoms with Gasteiger partial charge < -0.3 is 21.5 Å². The van der Waals surface area contributed by atoms with Crippen LogP contribution in [0.15, 0.2) is 22.7 Å². The van der Waals surface area contributed by atoms with E-state index in [2.05, 4.69) is 26.6 Å². The van der Waals surface area contributed by atoms with E-state index < -0.39 is 12.0 Å². The van der Waals surface area contributed by atoms with E-state index in [1.54, 1.807) is 12.1 Å². The minimum atomic E-state index is -1.09. The number of anilines is 1. The Balaban J connectivity index is 2.05. The van der Waals surface area contributed by atoms with Crippen LogP contribution in [0.5, 0.6) is 0 Å². The molecule has 1 aliphatic rings. The van der Waals surface area contributed by atoms with Crippen LogP contribution in [-0.4, -0.2) is 29.2 Å². The molecule has 2 atom stereocenters. The van der Waals surface area contributed by atoms with Crippen LogP contribution >= 0.6 is 15.9 Å². The van der Waals surface area contributed by atoms with Crippen molar-refractivity contribution in [2.45, 2.75) is 37.8 Å². The van der Waals surface area contributed by atoms with Crippen LogP contribution in [0.3, 0.4) is 0 Å². The molecule has 1 fully saturated rings. The third-order valence-electron chi connectivity index (χ3n) is 3.60. The summed E-state index contributed by atoms with van der Waals surface area (Å²) in [6.07, 6.45) is 3.85. The molecule has 0 aliphatic heterocycles. The van der Waals surface area contributed by atoms with Gasteiger partial charge in [0.25, 0.3) is 0 Å². The lowest BCUT2D eigenvalue weighted by Crippen LogP contribution is -2.50. The molecule has 0 aromatic heterocycles. The number of hydrogen-bond donors (Lipinski definition) is 4. The smallest absolute Gasteiger partial charge is 0.337 e. The Morgan fingerprint density at radius 3 is 2.67 bits per heavy atom. The lowest BCUT2D eigenvalue weighted by atomic mass is 9.91. The molecule has 2 rings (SSSR count). The summed E-state index contributed by atoms with van der Waals surface area (Å²) < 4.78 is 0.692. The Bertz CT molecular complexity index is 550. The van der Waals surface area contributed by atoms with E-state index >= 15 is 0 Å². The summed E-state index contributed by atoms with van der Waals surface area (Å²) in [5.41, 5.74) is 6.27. The molecule has 1 aromatic carbocycles. The highest BCUT2D eigenvalue weighted by Gasteiger charge is 2.23. The number of carbonyl (C=O) groups excluding carboxylic acids is 1. The van der Waals surface area contributed by atoms with Crippen molar-refractivity contribution in [3.8, 4) is 0 Å². The number of benzene rings is 1. The standard InChI is InChI=1S/C14H18BrN3O3/c15-8-5-6-9(13(19)20)12(7-8)18-14(21)17-11-4-2-1-3-10(11)16/h5-7,10-11H,1-4,16H2,(H,19,20)(H2,17,18,21). The van der Waals surface area contributed by atoms with Crippen LogP contribution in [0.2, 0.25) is 0 Å². The molecule has 1 aromatic rings. The highest BCUT2D eigenvalue weighted by molar-refractivity contribution is 9.10. The molecule has 0 heterocycles. The lowest BCUT2D eigenvalue weighted by molar-refractivity contribution is 0.0698. The number of carboxylic acid groups (broad SMARTS) is 1. The summed E-state index contributed by atoms with van der Waals surface area (Å²) in [6, 6.07) is 4.06. The summed E-state index contributed by atoms with van der Waals surface area (Å²) in [5.74, 6) is -1.09. The van der Waals surface area contributed by atoms with Crippen LogP contribution in [-0.2, 0) is 0 Å². The van der Waals surface area contributed by atoms with Crippen molar-refractivity contribution in [3.63, 3.8) is 0 Å². The van der Waals surface area contributed by atoms with Crippen LogP contribution in [0, 0.1) is 0 Å². The van der Waals surface area contributed by atoms with Crippen molar-refractivity contribution >= 4 is 33.6 Å². The van der Waals surface area contributed by atoms with Gasteiger partial charge in [0, 0.05) is 16.6 Å². The van der Waals surface area contributed by atoms with Crippen LogP contribution < -0.4 is 16.4 Å². The summed E-state index contributed by atoms with van der Waals surface area (Å²) >= 11 is 3.26. The van der Waals surface area contributed by atoms with E-state index in [-0.39, 0.29) is 23.3 Å². The van der Waals surface area contributed by atoms with Crippen LogP contribution in [0.25, 0.3) is 0 Å². The van der Waals surface area contributed by atoms with E-state index in [1.807, 2.05) is 0 Å². The van der Waals surface area contributed by atoms with E-state index in [9.17, 15) is 9.59 Å². The normalized spacial score (nSPS) is 21.6. The highest BCUT2D eigenvalue weighted by atomic mass is 79.9. The minimum absolute atomic E-state index is 0.0429. The first-order valence-electron chi connectivity index (χ1n) is 6.83. The first-order valence-corrected chi connectivity index (χ1v) is 7.62. The molecule has 1 aliphatic carbocycles. The maximum absolute atomic E-state index is 12.0. The van der Waals surface area contributed by atoms with Gasteiger partial charge in [-0.1, -0.05) is 28.8 Å². The van der Waals surface area contributed by atoms with Gasteiger partial charge >= 0.3 is 12.0 Å². The SMILES string of the molecule is NC1CCCCC1NC(=O)Nc1cc(Br)ccc1C(=O)O. The fourth-order valence-corrected chi connectivity index (χ4v) is 2.83. The van der Waals surface area contributed by atoms with Gasteiger partial charge in [0.1, 0.15) is 0 Å². The van der Waals surface area contributed by atoms with E-state index in [0.717, 1.165) is 25.7 Å². The second-order valence-corrected chi connectivity index (χ2v) is 6.06. The molecule has 6 nitrogen and oxygen atoms in total. The predicted molar refractivity (Wildman–Crippen MR) is 83.5 cm³/mol. The Hall–Kier alpha value is -1.60. The third-order valence-corrected chi connectivity index (χ3v) is 4.09. The maximum atomic E-state index is 12.0. The fourth-order valence-electron chi connectivity index (χ4n) is 2.47. The molecule has 0 saturated heterocycles. The number of aromatic carboxylic acids is 1. The number of carboxylic acids is 1. The summed E-state index contributed by atoms with van der Waals surface area (Å²) in [5, 5.41) is 14.5. The lowest BCUT2D eigenvalue weighted by Gasteiger charge is -2.29. The molecule has 1 saturated carbocycles. The zero-order valence-corrected chi connectivity index (χ0v) is 13.0. The molecule has 0 spiro atoms. The number of hydrogen-bond acceptors (Lipinski definition) is 3. The number of amides is 2. The van der Waals surface area contributed by atoms with Gasteiger partial charge in [-0.2, -0.15) is 0 Å². The number of halogens is 1. The first-order chi connectivity index (χ1) is 9.97. The minimum Gasteiger partial charge on any atom is -0.478 e. The predicted octanol–water partition coefficient (Wildman–Crippen LogP) is 2.54. The quantitative estimate of drug-likeness (QED) is 0.668. The average molecular weight is 356 g/mol. The number of carbonyl (C=O) groups is 2. The van der Waals surface area contributed by atoms with Crippen molar-refractivity contribution < 1.29 is 14.7 Å². The van der Waals surface area contributed by atoms with Crippen molar-refractivity contribution in [2.75, 3.05) is 5.32 Å². The highest BCUT2D eigenvalue weighted by Crippen LogP contribution is 2.22. The maximum Gasteiger partial charge on any atom is 0.337 e. The second-order valence-electron chi connectivity index (χ2n) is 5.15. The van der Waals surface area contributed by atoms with Gasteiger partial charge in [0.05, 0.1) is 11.3 Å². The Morgan fingerprint density at radius 1 is 1.29 bits per heavy atom. The Morgan fingerprint density at radius 2 is 2.00 bits per heavy atom. The molecule has 0 radical (unpaired) electrons. The van der Waals surface area contributed by atoms with Crippen LogP contribution in [0.4, 0.5) is 10.5 Å². The summed E-state index contributed by atoms with van der Waals surface area (Å²) in [6.45, 7) is 0. The van der Waals surface area contributed by atoms with E-state index in [4.69, 9.17) is 10.8 Å². The zero-order valence-electron chi connectivity index (χ0n) is 11.4. The van der Waals surface area contributed by atoms with Gasteiger partial charge in [-0.05, 0) is 31.0 Å². The van der Waals surface area contributed by atoms with Crippen molar-refractivity contribution in [3.05, 3.63) is 28.2 Å². The van der Waals surface area contributed by atoms with Gasteiger partial charge in [0.2, 0.25) is 0 Å². The summed E-state index contributed by atoms with van der Waals surface area (Å²) in [4.78, 5) is 23.2. The monoisotopic (exact) mass is 355 g/mol. The number of nitrogens with one attached hydrogen (secondary N) is 2. The average Bonchev–Trinajstić information content (AvgIpc) is 2.41. The number of urea groups is 1. The second kappa shape index (κ2) is 6.91. The van der Waals surface area contributed by atoms with Crippen molar-refractivity contribution in [1.82, 2.24) is 5.32 Å². The zero-order chi connectivity index (χ0) is 15.4. The third kappa shape index (κ3) is 4.18. The van der Waals surface area contributed by atoms with Gasteiger partial charge in [0.15, 0.2) is 0 Å². The molecular weight excluding hydrogens is 338 g/mol. The molecule has 21 heavy (non-hydrogen) atoms. The number of nitrogens with two attached hydrogens (primary N) is 1. The molecule has 7 heteroatoms. The molecule has 2 unspecified atom stereocenters. The first kappa shape index (κ1) is 15.8. The summed E-state index contributed by atoms with van der Waals surface area (Å²) in [7, 11) is 0. The Labute approximate surface area is 131 Å². The molecular formula is C14H18BrN3O3. The van der Waals surface area contributed by atoms with E-state index in [1.165, 1.54) is 6.07 Å². The molecule has 0 bridgehead atoms. The topological polar surface area (TPSA) is 104 Å². The van der Waals surface area contributed by atoms with Crippen molar-refractivity contribution in [1.29, 1.82) is 0 Å². The molecule has 114 valence electrons.